The normalized spacial score (nSPS) is 13.2. The van der Waals surface area contributed by atoms with E-state index in [0.29, 0.717) is 11.4 Å². The first-order valence-electron chi connectivity index (χ1n) is 9.43. The Labute approximate surface area is 168 Å². The lowest BCUT2D eigenvalue weighted by atomic mass is 10.0. The number of hydrogen-bond donors (Lipinski definition) is 2. The van der Waals surface area contributed by atoms with Gasteiger partial charge in [0, 0.05) is 23.7 Å². The van der Waals surface area contributed by atoms with Crippen LogP contribution in [0.5, 0.6) is 0 Å². The SMILES string of the molecule is Cc1ccc(-c2ccsc2C(=O)NCc2cccc(NC(=O)C3CC3)c2)cc1. The zero-order valence-corrected chi connectivity index (χ0v) is 16.5. The molecule has 28 heavy (non-hydrogen) atoms. The molecule has 1 aromatic heterocycles. The van der Waals surface area contributed by atoms with Gasteiger partial charge in [-0.25, -0.2) is 0 Å². The second kappa shape index (κ2) is 7.98. The number of amides is 2. The molecule has 0 bridgehead atoms. The Hall–Kier alpha value is -2.92. The summed E-state index contributed by atoms with van der Waals surface area (Å²) in [5, 5.41) is 7.88. The number of nitrogens with one attached hydrogen (secondary N) is 2. The van der Waals surface area contributed by atoms with Crippen LogP contribution in [0.1, 0.15) is 33.6 Å². The van der Waals surface area contributed by atoms with Gasteiger partial charge in [0.05, 0.1) is 4.88 Å². The average Bonchev–Trinajstić information content (AvgIpc) is 3.44. The van der Waals surface area contributed by atoms with Gasteiger partial charge in [0.1, 0.15) is 0 Å². The molecular formula is C23H22N2O2S. The third-order valence-electron chi connectivity index (χ3n) is 4.83. The van der Waals surface area contributed by atoms with E-state index in [4.69, 9.17) is 0 Å². The number of hydrogen-bond acceptors (Lipinski definition) is 3. The van der Waals surface area contributed by atoms with Crippen molar-refractivity contribution in [1.82, 2.24) is 5.32 Å². The molecular weight excluding hydrogens is 368 g/mol. The molecule has 1 aliphatic rings. The zero-order chi connectivity index (χ0) is 19.5. The molecule has 1 fully saturated rings. The predicted molar refractivity (Wildman–Crippen MR) is 113 cm³/mol. The second-order valence-electron chi connectivity index (χ2n) is 7.18. The first kappa shape index (κ1) is 18.4. The first-order valence-corrected chi connectivity index (χ1v) is 10.3. The highest BCUT2D eigenvalue weighted by Gasteiger charge is 2.29. The van der Waals surface area contributed by atoms with Crippen molar-refractivity contribution < 1.29 is 9.59 Å². The molecule has 0 atom stereocenters. The van der Waals surface area contributed by atoms with Crippen LogP contribution in [0.15, 0.2) is 60.0 Å². The van der Waals surface area contributed by atoms with Gasteiger partial charge in [-0.2, -0.15) is 0 Å². The third-order valence-corrected chi connectivity index (χ3v) is 5.74. The largest absolute Gasteiger partial charge is 0.347 e. The Bertz CT molecular complexity index is 1000. The van der Waals surface area contributed by atoms with Crippen LogP contribution in [0, 0.1) is 12.8 Å². The second-order valence-corrected chi connectivity index (χ2v) is 8.09. The molecule has 2 aromatic carbocycles. The molecule has 5 heteroatoms. The van der Waals surface area contributed by atoms with Crippen LogP contribution >= 0.6 is 11.3 Å². The lowest BCUT2D eigenvalue weighted by Crippen LogP contribution is -2.22. The summed E-state index contributed by atoms with van der Waals surface area (Å²) < 4.78 is 0. The van der Waals surface area contributed by atoms with Gasteiger partial charge in [-0.1, -0.05) is 42.0 Å². The maximum atomic E-state index is 12.7. The molecule has 1 heterocycles. The number of aryl methyl sites for hydroxylation is 1. The fraction of sp³-hybridized carbons (Fsp3) is 0.217. The molecule has 0 saturated heterocycles. The quantitative estimate of drug-likeness (QED) is 0.622. The van der Waals surface area contributed by atoms with E-state index in [2.05, 4.69) is 22.8 Å². The minimum atomic E-state index is -0.0852. The molecule has 2 N–H and O–H groups in total. The van der Waals surface area contributed by atoms with Crippen molar-refractivity contribution >= 4 is 28.8 Å². The van der Waals surface area contributed by atoms with Gasteiger partial charge in [0.15, 0.2) is 0 Å². The van der Waals surface area contributed by atoms with Crippen molar-refractivity contribution in [2.24, 2.45) is 5.92 Å². The van der Waals surface area contributed by atoms with Crippen LogP contribution in [-0.2, 0) is 11.3 Å². The van der Waals surface area contributed by atoms with Crippen LogP contribution in [0.2, 0.25) is 0 Å². The van der Waals surface area contributed by atoms with E-state index in [0.717, 1.165) is 35.2 Å². The molecule has 2 amide bonds. The summed E-state index contributed by atoms with van der Waals surface area (Å²) in [4.78, 5) is 25.4. The Morgan fingerprint density at radius 1 is 1.07 bits per heavy atom. The lowest BCUT2D eigenvalue weighted by molar-refractivity contribution is -0.117. The van der Waals surface area contributed by atoms with Gasteiger partial charge in [0.2, 0.25) is 5.91 Å². The topological polar surface area (TPSA) is 58.2 Å². The van der Waals surface area contributed by atoms with Crippen molar-refractivity contribution in [2.75, 3.05) is 5.32 Å². The number of thiophene rings is 1. The summed E-state index contributed by atoms with van der Waals surface area (Å²) in [5.74, 6) is 0.169. The molecule has 0 spiro atoms. The van der Waals surface area contributed by atoms with E-state index in [1.165, 1.54) is 16.9 Å². The molecule has 142 valence electrons. The highest BCUT2D eigenvalue weighted by atomic mass is 32.1. The predicted octanol–water partition coefficient (Wildman–Crippen LogP) is 5.00. The minimum absolute atomic E-state index is 0.0852. The number of rotatable bonds is 6. The monoisotopic (exact) mass is 390 g/mol. The van der Waals surface area contributed by atoms with Crippen LogP contribution in [0.25, 0.3) is 11.1 Å². The summed E-state index contributed by atoms with van der Waals surface area (Å²) in [7, 11) is 0. The van der Waals surface area contributed by atoms with Gasteiger partial charge in [0.25, 0.3) is 5.91 Å². The zero-order valence-electron chi connectivity index (χ0n) is 15.7. The number of carbonyl (C=O) groups is 2. The first-order chi connectivity index (χ1) is 13.6. The summed E-state index contributed by atoms with van der Waals surface area (Å²) in [5.41, 5.74) is 4.92. The molecule has 4 nitrogen and oxygen atoms in total. The van der Waals surface area contributed by atoms with Crippen molar-refractivity contribution in [1.29, 1.82) is 0 Å². The van der Waals surface area contributed by atoms with Crippen LogP contribution in [0.3, 0.4) is 0 Å². The van der Waals surface area contributed by atoms with Crippen LogP contribution < -0.4 is 10.6 Å². The Morgan fingerprint density at radius 3 is 2.61 bits per heavy atom. The van der Waals surface area contributed by atoms with Crippen molar-refractivity contribution in [3.63, 3.8) is 0 Å². The van der Waals surface area contributed by atoms with E-state index in [9.17, 15) is 9.59 Å². The molecule has 0 aliphatic heterocycles. The van der Waals surface area contributed by atoms with Gasteiger partial charge >= 0.3 is 0 Å². The Kier molecular flexibility index (Phi) is 5.26. The minimum Gasteiger partial charge on any atom is -0.347 e. The Balaban J connectivity index is 1.42. The summed E-state index contributed by atoms with van der Waals surface area (Å²) in [6.07, 6.45) is 1.96. The van der Waals surface area contributed by atoms with Crippen LogP contribution in [0.4, 0.5) is 5.69 Å². The van der Waals surface area contributed by atoms with E-state index < -0.39 is 0 Å². The summed E-state index contributed by atoms with van der Waals surface area (Å²) in [6.45, 7) is 2.46. The standard InChI is InChI=1S/C23H22N2O2S/c1-15-5-7-17(8-6-15)20-11-12-28-21(20)23(27)24-14-16-3-2-4-19(13-16)25-22(26)18-9-10-18/h2-8,11-13,18H,9-10,14H2,1H3,(H,24,27)(H,25,26). The highest BCUT2D eigenvalue weighted by Crippen LogP contribution is 2.30. The van der Waals surface area contributed by atoms with Crippen molar-refractivity contribution in [3.05, 3.63) is 76.0 Å². The maximum Gasteiger partial charge on any atom is 0.262 e. The molecule has 1 saturated carbocycles. The van der Waals surface area contributed by atoms with E-state index >= 15 is 0 Å². The smallest absolute Gasteiger partial charge is 0.262 e. The molecule has 0 radical (unpaired) electrons. The van der Waals surface area contributed by atoms with Gasteiger partial charge in [-0.3, -0.25) is 9.59 Å². The summed E-state index contributed by atoms with van der Waals surface area (Å²) >= 11 is 1.44. The van der Waals surface area contributed by atoms with Crippen molar-refractivity contribution in [3.8, 4) is 11.1 Å². The van der Waals surface area contributed by atoms with E-state index in [-0.39, 0.29) is 17.7 Å². The average molecular weight is 391 g/mol. The molecule has 0 unspecified atom stereocenters. The highest BCUT2D eigenvalue weighted by molar-refractivity contribution is 7.12. The number of carbonyl (C=O) groups excluding carboxylic acids is 2. The van der Waals surface area contributed by atoms with Gasteiger partial charge < -0.3 is 10.6 Å². The lowest BCUT2D eigenvalue weighted by Gasteiger charge is -2.09. The fourth-order valence-electron chi connectivity index (χ4n) is 3.06. The van der Waals surface area contributed by atoms with E-state index in [1.807, 2.05) is 54.8 Å². The number of benzene rings is 2. The molecule has 3 aromatic rings. The Morgan fingerprint density at radius 2 is 1.86 bits per heavy atom. The van der Waals surface area contributed by atoms with E-state index in [1.54, 1.807) is 0 Å². The fourth-order valence-corrected chi connectivity index (χ4v) is 3.89. The van der Waals surface area contributed by atoms with Gasteiger partial charge in [-0.05, 0) is 54.5 Å². The summed E-state index contributed by atoms with van der Waals surface area (Å²) in [6, 6.07) is 17.8. The molecule has 1 aliphatic carbocycles. The van der Waals surface area contributed by atoms with Crippen molar-refractivity contribution in [2.45, 2.75) is 26.3 Å². The molecule has 4 rings (SSSR count). The number of anilines is 1. The van der Waals surface area contributed by atoms with Gasteiger partial charge in [-0.15, -0.1) is 11.3 Å². The third kappa shape index (κ3) is 4.31. The van der Waals surface area contributed by atoms with Crippen LogP contribution in [-0.4, -0.2) is 11.8 Å². The maximum absolute atomic E-state index is 12.7.